The highest BCUT2D eigenvalue weighted by Crippen LogP contribution is 2.40. The van der Waals surface area contributed by atoms with Gasteiger partial charge in [-0.15, -0.1) is 0 Å². The van der Waals surface area contributed by atoms with Gasteiger partial charge in [0.2, 0.25) is 0 Å². The van der Waals surface area contributed by atoms with E-state index in [1.807, 2.05) is 37.3 Å². The normalized spacial score (nSPS) is 12.3. The lowest BCUT2D eigenvalue weighted by Gasteiger charge is -2.17. The highest BCUT2D eigenvalue weighted by Gasteiger charge is 2.20. The number of halogens is 1. The Balaban J connectivity index is 2.39. The Morgan fingerprint density at radius 3 is 2.72 bits per heavy atom. The number of fused-ring (bicyclic) bond motifs is 1. The first kappa shape index (κ1) is 17.8. The number of methoxy groups -OCH3 is 1. The summed E-state index contributed by atoms with van der Waals surface area (Å²) in [7, 11) is 1.69. The number of para-hydroxylation sites is 1. The van der Waals surface area contributed by atoms with Crippen molar-refractivity contribution in [2.45, 2.75) is 13.5 Å². The molecule has 1 aromatic heterocycles. The van der Waals surface area contributed by atoms with Crippen LogP contribution in [0.2, 0.25) is 0 Å². The van der Waals surface area contributed by atoms with Crippen molar-refractivity contribution in [1.29, 1.82) is 0 Å². The highest BCUT2D eigenvalue weighted by atomic mass is 79.9. The van der Waals surface area contributed by atoms with Gasteiger partial charge in [-0.05, 0) is 30.2 Å². The van der Waals surface area contributed by atoms with Crippen LogP contribution in [0.4, 0.5) is 0 Å². The zero-order valence-corrected chi connectivity index (χ0v) is 16.1. The number of hydrogen-bond donors (Lipinski definition) is 1. The van der Waals surface area contributed by atoms with Gasteiger partial charge in [-0.1, -0.05) is 53.7 Å². The van der Waals surface area contributed by atoms with E-state index in [1.165, 1.54) is 0 Å². The molecule has 1 atom stereocenters. The fourth-order valence-corrected chi connectivity index (χ4v) is 3.59. The Labute approximate surface area is 156 Å². The molecule has 0 bridgehead atoms. The zero-order chi connectivity index (χ0) is 18.0. The highest BCUT2D eigenvalue weighted by molar-refractivity contribution is 9.10. The third kappa shape index (κ3) is 3.24. The van der Waals surface area contributed by atoms with E-state index in [9.17, 15) is 5.11 Å². The number of aliphatic hydroxyl groups is 1. The monoisotopic (exact) mass is 399 g/mol. The van der Waals surface area contributed by atoms with Crippen molar-refractivity contribution in [3.63, 3.8) is 0 Å². The fraction of sp³-hybridized carbons (Fsp3) is 0.238. The number of rotatable bonds is 6. The Kier molecular flexibility index (Phi) is 5.30. The van der Waals surface area contributed by atoms with E-state index in [1.54, 1.807) is 7.11 Å². The van der Waals surface area contributed by atoms with Crippen LogP contribution in [0.5, 0.6) is 5.75 Å². The van der Waals surface area contributed by atoms with E-state index < -0.39 is 0 Å². The molecular formula is C21H22BrNO2. The summed E-state index contributed by atoms with van der Waals surface area (Å²) in [6.07, 6.45) is 1.90. The van der Waals surface area contributed by atoms with Gasteiger partial charge in [-0.2, -0.15) is 0 Å². The Morgan fingerprint density at radius 2 is 2.04 bits per heavy atom. The number of hydrogen-bond acceptors (Lipinski definition) is 2. The minimum absolute atomic E-state index is 0.140. The molecule has 1 heterocycles. The second-order valence-corrected chi connectivity index (χ2v) is 7.14. The zero-order valence-electron chi connectivity index (χ0n) is 14.5. The van der Waals surface area contributed by atoms with Gasteiger partial charge in [-0.3, -0.25) is 0 Å². The predicted molar refractivity (Wildman–Crippen MR) is 108 cm³/mol. The van der Waals surface area contributed by atoms with Gasteiger partial charge in [0.15, 0.2) is 0 Å². The molecule has 3 aromatic rings. The molecule has 0 saturated heterocycles. The van der Waals surface area contributed by atoms with Gasteiger partial charge >= 0.3 is 0 Å². The van der Waals surface area contributed by atoms with Crippen molar-refractivity contribution in [2.24, 2.45) is 5.92 Å². The molecule has 130 valence electrons. The molecular weight excluding hydrogens is 378 g/mol. The topological polar surface area (TPSA) is 34.4 Å². The number of aromatic nitrogens is 1. The summed E-state index contributed by atoms with van der Waals surface area (Å²) >= 11 is 3.58. The van der Waals surface area contributed by atoms with Gasteiger partial charge in [0, 0.05) is 34.1 Å². The summed E-state index contributed by atoms with van der Waals surface area (Å²) in [5.74, 6) is 0.964. The van der Waals surface area contributed by atoms with E-state index >= 15 is 0 Å². The summed E-state index contributed by atoms with van der Waals surface area (Å²) in [5.41, 5.74) is 4.29. The minimum Gasteiger partial charge on any atom is -0.496 e. The molecule has 3 nitrogen and oxygen atoms in total. The van der Waals surface area contributed by atoms with Crippen molar-refractivity contribution in [3.8, 4) is 17.0 Å². The van der Waals surface area contributed by atoms with Crippen molar-refractivity contribution in [3.05, 3.63) is 59.1 Å². The molecule has 0 unspecified atom stereocenters. The van der Waals surface area contributed by atoms with Crippen molar-refractivity contribution in [2.75, 3.05) is 13.7 Å². The predicted octanol–water partition coefficient (Wildman–Crippen LogP) is 5.35. The van der Waals surface area contributed by atoms with Gasteiger partial charge in [0.25, 0.3) is 0 Å². The first-order valence-electron chi connectivity index (χ1n) is 8.29. The van der Waals surface area contributed by atoms with Crippen LogP contribution in [-0.2, 0) is 6.54 Å². The molecule has 0 spiro atoms. The van der Waals surface area contributed by atoms with Crippen LogP contribution < -0.4 is 4.74 Å². The maximum Gasteiger partial charge on any atom is 0.128 e. The maximum absolute atomic E-state index is 9.58. The minimum atomic E-state index is 0.140. The van der Waals surface area contributed by atoms with E-state index in [4.69, 9.17) is 4.74 Å². The van der Waals surface area contributed by atoms with E-state index in [0.29, 0.717) is 6.54 Å². The molecule has 0 aliphatic rings. The molecule has 2 aromatic carbocycles. The summed E-state index contributed by atoms with van der Waals surface area (Å²) in [5, 5.41) is 10.7. The van der Waals surface area contributed by atoms with Crippen LogP contribution in [0.3, 0.4) is 0 Å². The maximum atomic E-state index is 9.58. The lowest BCUT2D eigenvalue weighted by molar-refractivity contribution is 0.224. The molecule has 0 aliphatic carbocycles. The van der Waals surface area contributed by atoms with Gasteiger partial charge in [0.1, 0.15) is 5.75 Å². The lowest BCUT2D eigenvalue weighted by Crippen LogP contribution is -2.12. The second kappa shape index (κ2) is 7.46. The molecule has 4 heteroatoms. The Bertz CT molecular complexity index is 914. The summed E-state index contributed by atoms with van der Waals surface area (Å²) < 4.78 is 8.88. The summed E-state index contributed by atoms with van der Waals surface area (Å²) in [4.78, 5) is 0. The van der Waals surface area contributed by atoms with Gasteiger partial charge < -0.3 is 14.4 Å². The van der Waals surface area contributed by atoms with Crippen molar-refractivity contribution >= 4 is 32.9 Å². The number of nitrogens with zero attached hydrogens (tertiary/aromatic N) is 1. The number of aliphatic hydroxyl groups excluding tert-OH is 1. The average Bonchev–Trinajstić information content (AvgIpc) is 2.93. The van der Waals surface area contributed by atoms with Crippen molar-refractivity contribution < 1.29 is 9.84 Å². The summed E-state index contributed by atoms with van der Waals surface area (Å²) in [6, 6.07) is 14.3. The van der Waals surface area contributed by atoms with Crippen LogP contribution in [-0.4, -0.2) is 23.4 Å². The van der Waals surface area contributed by atoms with Crippen LogP contribution in [0.1, 0.15) is 12.5 Å². The average molecular weight is 400 g/mol. The summed E-state index contributed by atoms with van der Waals surface area (Å²) in [6.45, 7) is 6.94. The molecule has 3 rings (SSSR count). The smallest absolute Gasteiger partial charge is 0.128 e. The Hall–Kier alpha value is -2.04. The van der Waals surface area contributed by atoms with Crippen LogP contribution in [0, 0.1) is 5.92 Å². The second-order valence-electron chi connectivity index (χ2n) is 6.23. The third-order valence-electron chi connectivity index (χ3n) is 4.44. The van der Waals surface area contributed by atoms with Crippen molar-refractivity contribution in [1.82, 2.24) is 4.57 Å². The lowest BCUT2D eigenvalue weighted by atomic mass is 10.0. The molecule has 0 saturated carbocycles. The number of benzene rings is 2. The largest absolute Gasteiger partial charge is 0.496 e. The van der Waals surface area contributed by atoms with Crippen LogP contribution in [0.15, 0.2) is 53.5 Å². The quantitative estimate of drug-likeness (QED) is 0.605. The first-order chi connectivity index (χ1) is 12.1. The molecule has 0 amide bonds. The van der Waals surface area contributed by atoms with E-state index in [0.717, 1.165) is 37.9 Å². The van der Waals surface area contributed by atoms with E-state index in [2.05, 4.69) is 45.3 Å². The molecule has 25 heavy (non-hydrogen) atoms. The van der Waals surface area contributed by atoms with Crippen LogP contribution in [0.25, 0.3) is 28.2 Å². The standard InChI is InChI=1S/C21H22BrNO2/c1-4-16-17-10-9-15(22)11-19(17)23(12-14(2)13-24)21(16)18-7-5-6-8-20(18)25-3/h4-11,14,24H,1,12-13H2,2-3H3/t14-/m0/s1. The molecule has 1 N–H and O–H groups in total. The molecule has 0 radical (unpaired) electrons. The van der Waals surface area contributed by atoms with E-state index in [-0.39, 0.29) is 12.5 Å². The fourth-order valence-electron chi connectivity index (χ4n) is 3.25. The first-order valence-corrected chi connectivity index (χ1v) is 9.08. The van der Waals surface area contributed by atoms with Gasteiger partial charge in [0.05, 0.1) is 18.3 Å². The molecule has 0 aliphatic heterocycles. The third-order valence-corrected chi connectivity index (χ3v) is 4.93. The number of ether oxygens (including phenoxy) is 1. The molecule has 0 fully saturated rings. The SMILES string of the molecule is C=Cc1c(-c2ccccc2OC)n(C[C@H](C)CO)c2cc(Br)ccc12. The van der Waals surface area contributed by atoms with Crippen LogP contribution >= 0.6 is 15.9 Å². The Morgan fingerprint density at radius 1 is 1.28 bits per heavy atom. The van der Waals surface area contributed by atoms with Gasteiger partial charge in [-0.25, -0.2) is 0 Å².